The van der Waals surface area contributed by atoms with Crippen LogP contribution in [0.5, 0.6) is 5.75 Å². The molecule has 2 aliphatic heterocycles. The lowest BCUT2D eigenvalue weighted by molar-refractivity contribution is -0.131. The standard InChI is InChI=1S/C27H27NO6/c1-3-16-9-11-17(12-10-16)23-22(25(30)27(31)28(23)15-19-7-5-13-33-19)24(29)21-14-18-6-4-8-20(32-2)26(18)34-21/h4,6,8-12,14,19,23,30H,3,5,7,13,15H2,1-2H3. The second kappa shape index (κ2) is 8.99. The average molecular weight is 462 g/mol. The summed E-state index contributed by atoms with van der Waals surface area (Å²) in [5.41, 5.74) is 2.36. The lowest BCUT2D eigenvalue weighted by Crippen LogP contribution is -2.37. The van der Waals surface area contributed by atoms with Gasteiger partial charge in [0, 0.05) is 18.5 Å². The van der Waals surface area contributed by atoms with Crippen LogP contribution >= 0.6 is 0 Å². The molecule has 7 nitrogen and oxygen atoms in total. The van der Waals surface area contributed by atoms with Crippen molar-refractivity contribution in [3.63, 3.8) is 0 Å². The van der Waals surface area contributed by atoms with Crippen LogP contribution in [-0.2, 0) is 16.0 Å². The van der Waals surface area contributed by atoms with E-state index in [1.165, 1.54) is 7.11 Å². The molecule has 1 amide bonds. The van der Waals surface area contributed by atoms with E-state index in [0.717, 1.165) is 30.4 Å². The van der Waals surface area contributed by atoms with Crippen molar-refractivity contribution >= 4 is 22.7 Å². The van der Waals surface area contributed by atoms with Gasteiger partial charge in [-0.3, -0.25) is 9.59 Å². The SMILES string of the molecule is CCc1ccc(C2C(C(=O)c3cc4cccc(OC)c4o3)=C(O)C(=O)N2CC2CCCO2)cc1. The zero-order valence-corrected chi connectivity index (χ0v) is 19.2. The van der Waals surface area contributed by atoms with Gasteiger partial charge in [0.25, 0.3) is 5.91 Å². The van der Waals surface area contributed by atoms with Crippen molar-refractivity contribution in [2.45, 2.75) is 38.3 Å². The zero-order chi connectivity index (χ0) is 23.8. The number of methoxy groups -OCH3 is 1. The molecule has 2 aliphatic rings. The van der Waals surface area contributed by atoms with Gasteiger partial charge in [0.15, 0.2) is 22.9 Å². The van der Waals surface area contributed by atoms with Crippen molar-refractivity contribution in [3.8, 4) is 5.75 Å². The van der Waals surface area contributed by atoms with Crippen LogP contribution in [0.3, 0.4) is 0 Å². The Kier molecular flexibility index (Phi) is 5.87. The second-order valence-electron chi connectivity index (χ2n) is 8.67. The van der Waals surface area contributed by atoms with Crippen LogP contribution in [0.25, 0.3) is 11.0 Å². The second-order valence-corrected chi connectivity index (χ2v) is 8.67. The summed E-state index contributed by atoms with van der Waals surface area (Å²) in [5, 5.41) is 11.6. The summed E-state index contributed by atoms with van der Waals surface area (Å²) in [6.07, 6.45) is 2.50. The number of nitrogens with zero attached hydrogens (tertiary/aromatic N) is 1. The number of Topliss-reactive ketones (excluding diaryl/α,β-unsaturated/α-hetero) is 1. The summed E-state index contributed by atoms with van der Waals surface area (Å²) < 4.78 is 17.0. The van der Waals surface area contributed by atoms with Crippen molar-refractivity contribution in [2.75, 3.05) is 20.3 Å². The Hall–Kier alpha value is -3.58. The predicted octanol–water partition coefficient (Wildman–Crippen LogP) is 4.76. The predicted molar refractivity (Wildman–Crippen MR) is 126 cm³/mol. The topological polar surface area (TPSA) is 89.2 Å². The molecule has 2 atom stereocenters. The molecule has 7 heteroatoms. The van der Waals surface area contributed by atoms with Gasteiger partial charge >= 0.3 is 0 Å². The zero-order valence-electron chi connectivity index (χ0n) is 19.2. The van der Waals surface area contributed by atoms with Gasteiger partial charge < -0.3 is 23.9 Å². The first kappa shape index (κ1) is 22.2. The van der Waals surface area contributed by atoms with Gasteiger partial charge in [0.1, 0.15) is 0 Å². The highest BCUT2D eigenvalue weighted by Crippen LogP contribution is 2.41. The molecular formula is C27H27NO6. The molecular weight excluding hydrogens is 434 g/mol. The number of aryl methyl sites for hydroxylation is 1. The summed E-state index contributed by atoms with van der Waals surface area (Å²) in [6.45, 7) is 3.01. The first-order valence-corrected chi connectivity index (χ1v) is 11.6. The van der Waals surface area contributed by atoms with Crippen LogP contribution in [0.4, 0.5) is 0 Å². The maximum Gasteiger partial charge on any atom is 0.290 e. The number of ether oxygens (including phenoxy) is 2. The molecule has 0 radical (unpaired) electrons. The number of aliphatic hydroxyl groups is 1. The van der Waals surface area contributed by atoms with Crippen LogP contribution in [0.1, 0.15) is 47.5 Å². The van der Waals surface area contributed by atoms with Gasteiger partial charge in [-0.05, 0) is 42.5 Å². The van der Waals surface area contributed by atoms with Crippen molar-refractivity contribution in [1.82, 2.24) is 4.90 Å². The van der Waals surface area contributed by atoms with Crippen LogP contribution in [0, 0.1) is 0 Å². The molecule has 1 N–H and O–H groups in total. The number of furan rings is 1. The van der Waals surface area contributed by atoms with Crippen LogP contribution in [0.15, 0.2) is 64.3 Å². The quantitative estimate of drug-likeness (QED) is 0.510. The number of rotatable bonds is 7. The molecule has 0 aliphatic carbocycles. The summed E-state index contributed by atoms with van der Waals surface area (Å²) >= 11 is 0. The monoisotopic (exact) mass is 461 g/mol. The number of benzene rings is 2. The van der Waals surface area contributed by atoms with E-state index < -0.39 is 23.5 Å². The molecule has 3 aromatic rings. The Morgan fingerprint density at radius 3 is 2.68 bits per heavy atom. The van der Waals surface area contributed by atoms with Gasteiger partial charge in [-0.2, -0.15) is 0 Å². The normalized spacial score (nSPS) is 20.5. The Balaban J connectivity index is 1.57. The van der Waals surface area contributed by atoms with E-state index in [4.69, 9.17) is 13.9 Å². The minimum atomic E-state index is -0.731. The smallest absolute Gasteiger partial charge is 0.290 e. The number of hydrogen-bond acceptors (Lipinski definition) is 6. The number of para-hydroxylation sites is 1. The summed E-state index contributed by atoms with van der Waals surface area (Å²) in [6, 6.07) is 14.0. The maximum absolute atomic E-state index is 13.7. The van der Waals surface area contributed by atoms with E-state index in [9.17, 15) is 14.7 Å². The van der Waals surface area contributed by atoms with Gasteiger partial charge in [0.2, 0.25) is 5.78 Å². The van der Waals surface area contributed by atoms with Crippen molar-refractivity contribution in [3.05, 3.63) is 76.8 Å². The minimum Gasteiger partial charge on any atom is -0.503 e. The molecule has 5 rings (SSSR count). The Morgan fingerprint density at radius 2 is 2.00 bits per heavy atom. The third-order valence-electron chi connectivity index (χ3n) is 6.63. The number of amides is 1. The van der Waals surface area contributed by atoms with E-state index in [1.54, 1.807) is 17.0 Å². The van der Waals surface area contributed by atoms with Gasteiger partial charge in [-0.15, -0.1) is 0 Å². The van der Waals surface area contributed by atoms with Gasteiger partial charge in [0.05, 0.1) is 24.8 Å². The minimum absolute atomic E-state index is 0.0188. The summed E-state index contributed by atoms with van der Waals surface area (Å²) in [7, 11) is 1.53. The molecule has 3 heterocycles. The number of aliphatic hydroxyl groups excluding tert-OH is 1. The first-order chi connectivity index (χ1) is 16.5. The van der Waals surface area contributed by atoms with E-state index in [2.05, 4.69) is 6.92 Å². The number of fused-ring (bicyclic) bond motifs is 1. The lowest BCUT2D eigenvalue weighted by Gasteiger charge is -2.28. The molecule has 1 fully saturated rings. The highest BCUT2D eigenvalue weighted by Gasteiger charge is 2.45. The fourth-order valence-corrected chi connectivity index (χ4v) is 4.81. The molecule has 0 saturated carbocycles. The number of ketones is 1. The van der Waals surface area contributed by atoms with Crippen LogP contribution in [-0.4, -0.2) is 48.1 Å². The molecule has 0 bridgehead atoms. The largest absolute Gasteiger partial charge is 0.503 e. The van der Waals surface area contributed by atoms with E-state index in [0.29, 0.717) is 29.9 Å². The van der Waals surface area contributed by atoms with Gasteiger partial charge in [-0.1, -0.05) is 43.3 Å². The van der Waals surface area contributed by atoms with Crippen molar-refractivity contribution in [1.29, 1.82) is 0 Å². The molecule has 0 spiro atoms. The Labute approximate surface area is 197 Å². The number of carbonyl (C=O) groups is 2. The summed E-state index contributed by atoms with van der Waals surface area (Å²) in [5.74, 6) is -1.09. The average Bonchev–Trinajstić information content (AvgIpc) is 3.59. The van der Waals surface area contributed by atoms with E-state index in [-0.39, 0.29) is 17.4 Å². The van der Waals surface area contributed by atoms with E-state index >= 15 is 0 Å². The third kappa shape index (κ3) is 3.76. The maximum atomic E-state index is 13.7. The third-order valence-corrected chi connectivity index (χ3v) is 6.63. The first-order valence-electron chi connectivity index (χ1n) is 11.6. The van der Waals surface area contributed by atoms with Crippen molar-refractivity contribution < 1.29 is 28.6 Å². The highest BCUT2D eigenvalue weighted by atomic mass is 16.5. The summed E-state index contributed by atoms with van der Waals surface area (Å²) in [4.78, 5) is 28.4. The van der Waals surface area contributed by atoms with Crippen LogP contribution in [0.2, 0.25) is 0 Å². The number of carbonyl (C=O) groups excluding carboxylic acids is 2. The van der Waals surface area contributed by atoms with Gasteiger partial charge in [-0.25, -0.2) is 0 Å². The van der Waals surface area contributed by atoms with E-state index in [1.807, 2.05) is 36.4 Å². The lowest BCUT2D eigenvalue weighted by atomic mass is 9.94. The fourth-order valence-electron chi connectivity index (χ4n) is 4.81. The van der Waals surface area contributed by atoms with Crippen molar-refractivity contribution in [2.24, 2.45) is 0 Å². The molecule has 2 aromatic carbocycles. The molecule has 1 saturated heterocycles. The molecule has 2 unspecified atom stereocenters. The Morgan fingerprint density at radius 1 is 1.21 bits per heavy atom. The molecule has 1 aromatic heterocycles. The fraction of sp³-hybridized carbons (Fsp3) is 0.333. The number of hydrogen-bond donors (Lipinski definition) is 1. The highest BCUT2D eigenvalue weighted by molar-refractivity contribution is 6.16. The molecule has 34 heavy (non-hydrogen) atoms. The van der Waals surface area contributed by atoms with Crippen LogP contribution < -0.4 is 4.74 Å². The Bertz CT molecular complexity index is 1270. The molecule has 176 valence electrons.